The lowest BCUT2D eigenvalue weighted by atomic mass is 10.3. The molecular weight excluding hydrogens is 310 g/mol. The van der Waals surface area contributed by atoms with Crippen molar-refractivity contribution in [3.63, 3.8) is 0 Å². The van der Waals surface area contributed by atoms with Crippen LogP contribution in [0.25, 0.3) is 5.95 Å². The fourth-order valence-electron chi connectivity index (χ4n) is 1.74. The number of anilines is 1. The van der Waals surface area contributed by atoms with E-state index in [1.165, 1.54) is 0 Å². The number of imidazole rings is 1. The summed E-state index contributed by atoms with van der Waals surface area (Å²) in [4.78, 5) is 20.8. The van der Waals surface area contributed by atoms with Crippen LogP contribution in [0.1, 0.15) is 10.7 Å². The lowest BCUT2D eigenvalue weighted by molar-refractivity contribution is 0.879. The molecule has 0 saturated heterocycles. The number of aryl methyl sites for hydroxylation is 1. The predicted octanol–water partition coefficient (Wildman–Crippen LogP) is 2.13. The van der Waals surface area contributed by atoms with Crippen LogP contribution in [0.5, 0.6) is 0 Å². The van der Waals surface area contributed by atoms with E-state index in [1.807, 2.05) is 12.3 Å². The molecule has 0 saturated carbocycles. The maximum atomic E-state index is 5.92. The van der Waals surface area contributed by atoms with E-state index in [0.29, 0.717) is 18.4 Å². The largest absolute Gasteiger partial charge is 0.354 e. The molecule has 7 nitrogen and oxygen atoms in total. The summed E-state index contributed by atoms with van der Waals surface area (Å²) in [7, 11) is 0. The van der Waals surface area contributed by atoms with E-state index >= 15 is 0 Å². The van der Waals surface area contributed by atoms with Crippen molar-refractivity contribution < 1.29 is 0 Å². The highest BCUT2D eigenvalue weighted by Crippen LogP contribution is 2.11. The normalized spacial score (nSPS) is 10.8. The maximum Gasteiger partial charge on any atom is 0.241 e. The van der Waals surface area contributed by atoms with Crippen LogP contribution in [-0.2, 0) is 6.42 Å². The second-order valence-electron chi connectivity index (χ2n) is 4.23. The lowest BCUT2D eigenvalue weighted by Crippen LogP contribution is -2.11. The molecule has 3 rings (SSSR count). The zero-order chi connectivity index (χ0) is 14.7. The Morgan fingerprint density at radius 1 is 1.29 bits per heavy atom. The molecule has 0 aliphatic carbocycles. The van der Waals surface area contributed by atoms with Crippen molar-refractivity contribution in [2.75, 3.05) is 11.9 Å². The van der Waals surface area contributed by atoms with E-state index in [0.717, 1.165) is 17.1 Å². The van der Waals surface area contributed by atoms with Gasteiger partial charge in [-0.25, -0.2) is 9.97 Å². The number of hydrogen-bond acceptors (Lipinski definition) is 7. The minimum Gasteiger partial charge on any atom is -0.354 e. The van der Waals surface area contributed by atoms with Gasteiger partial charge in [0.15, 0.2) is 0 Å². The van der Waals surface area contributed by atoms with Crippen molar-refractivity contribution >= 4 is 28.9 Å². The number of rotatable bonds is 5. The molecule has 21 heavy (non-hydrogen) atoms. The van der Waals surface area contributed by atoms with Crippen LogP contribution >= 0.6 is 22.9 Å². The summed E-state index contributed by atoms with van der Waals surface area (Å²) in [6.07, 6.45) is 5.80. The summed E-state index contributed by atoms with van der Waals surface area (Å²) >= 11 is 7.56. The van der Waals surface area contributed by atoms with Gasteiger partial charge in [0.05, 0.1) is 10.7 Å². The molecule has 0 aliphatic rings. The Bertz CT molecular complexity index is 725. The van der Waals surface area contributed by atoms with Gasteiger partial charge in [0, 0.05) is 30.7 Å². The van der Waals surface area contributed by atoms with Crippen LogP contribution in [0.2, 0.25) is 5.28 Å². The Morgan fingerprint density at radius 2 is 2.19 bits per heavy atom. The third-order valence-corrected chi connectivity index (χ3v) is 3.65. The van der Waals surface area contributed by atoms with Crippen LogP contribution in [0.4, 0.5) is 5.95 Å². The highest BCUT2D eigenvalue weighted by Gasteiger charge is 2.06. The standard InChI is InChI=1S/C12H12ClN7S/c1-8-16-9(6-21-8)2-3-15-11-17-10(13)18-12(19-11)20-5-4-14-7-20/h4-7H,2-3H2,1H3,(H,15,17,18,19). The minimum absolute atomic E-state index is 0.140. The number of halogens is 1. The van der Waals surface area contributed by atoms with E-state index in [4.69, 9.17) is 11.6 Å². The van der Waals surface area contributed by atoms with Crippen LogP contribution in [0.15, 0.2) is 24.1 Å². The zero-order valence-electron chi connectivity index (χ0n) is 11.2. The summed E-state index contributed by atoms with van der Waals surface area (Å²) in [6, 6.07) is 0. The third kappa shape index (κ3) is 3.53. The molecule has 108 valence electrons. The molecule has 3 heterocycles. The fourth-order valence-corrected chi connectivity index (χ4v) is 2.54. The second-order valence-corrected chi connectivity index (χ2v) is 5.63. The van der Waals surface area contributed by atoms with Gasteiger partial charge in [0.1, 0.15) is 6.33 Å². The molecule has 3 aromatic rings. The van der Waals surface area contributed by atoms with Crippen molar-refractivity contribution in [1.82, 2.24) is 29.5 Å². The first-order valence-corrected chi connectivity index (χ1v) is 7.51. The molecular formula is C12H12ClN7S. The monoisotopic (exact) mass is 321 g/mol. The van der Waals surface area contributed by atoms with Crippen LogP contribution < -0.4 is 5.32 Å². The Balaban J connectivity index is 1.68. The van der Waals surface area contributed by atoms with Crippen molar-refractivity contribution in [3.05, 3.63) is 40.1 Å². The maximum absolute atomic E-state index is 5.92. The van der Waals surface area contributed by atoms with E-state index in [9.17, 15) is 0 Å². The molecule has 0 atom stereocenters. The molecule has 0 radical (unpaired) electrons. The van der Waals surface area contributed by atoms with Crippen molar-refractivity contribution in [2.45, 2.75) is 13.3 Å². The Hall–Kier alpha value is -2.06. The highest BCUT2D eigenvalue weighted by atomic mass is 35.5. The lowest BCUT2D eigenvalue weighted by Gasteiger charge is -2.06. The van der Waals surface area contributed by atoms with Crippen LogP contribution in [-0.4, -0.2) is 36.0 Å². The van der Waals surface area contributed by atoms with Crippen molar-refractivity contribution in [1.29, 1.82) is 0 Å². The number of nitrogens with one attached hydrogen (secondary N) is 1. The zero-order valence-corrected chi connectivity index (χ0v) is 12.8. The summed E-state index contributed by atoms with van der Waals surface area (Å²) < 4.78 is 1.67. The quantitative estimate of drug-likeness (QED) is 0.775. The van der Waals surface area contributed by atoms with Crippen molar-refractivity contribution in [2.24, 2.45) is 0 Å². The Kier molecular flexibility index (Phi) is 4.07. The number of nitrogens with zero attached hydrogens (tertiary/aromatic N) is 6. The molecule has 0 aromatic carbocycles. The van der Waals surface area contributed by atoms with Gasteiger partial charge in [-0.2, -0.15) is 15.0 Å². The van der Waals surface area contributed by atoms with Gasteiger partial charge < -0.3 is 5.32 Å². The first-order chi connectivity index (χ1) is 10.2. The van der Waals surface area contributed by atoms with E-state index in [1.54, 1.807) is 34.6 Å². The van der Waals surface area contributed by atoms with Gasteiger partial charge >= 0.3 is 0 Å². The van der Waals surface area contributed by atoms with E-state index < -0.39 is 0 Å². The first kappa shape index (κ1) is 13.9. The SMILES string of the molecule is Cc1nc(CCNc2nc(Cl)nc(-n3ccnc3)n2)cs1. The van der Waals surface area contributed by atoms with E-state index in [-0.39, 0.29) is 5.28 Å². The van der Waals surface area contributed by atoms with Gasteiger partial charge in [-0.1, -0.05) is 0 Å². The molecule has 0 bridgehead atoms. The smallest absolute Gasteiger partial charge is 0.241 e. The topological polar surface area (TPSA) is 81.4 Å². The molecule has 0 amide bonds. The molecule has 0 aliphatic heterocycles. The summed E-state index contributed by atoms with van der Waals surface area (Å²) in [5, 5.41) is 6.38. The van der Waals surface area contributed by atoms with E-state index in [2.05, 4.69) is 30.2 Å². The first-order valence-electron chi connectivity index (χ1n) is 6.25. The molecule has 3 aromatic heterocycles. The second kappa shape index (κ2) is 6.15. The number of aromatic nitrogens is 6. The minimum atomic E-state index is 0.140. The van der Waals surface area contributed by atoms with Gasteiger partial charge in [0.25, 0.3) is 0 Å². The van der Waals surface area contributed by atoms with Crippen molar-refractivity contribution in [3.8, 4) is 5.95 Å². The Morgan fingerprint density at radius 3 is 2.90 bits per heavy atom. The van der Waals surface area contributed by atoms with Gasteiger partial charge in [-0.15, -0.1) is 11.3 Å². The molecule has 0 spiro atoms. The van der Waals surface area contributed by atoms with Gasteiger partial charge in [-0.05, 0) is 18.5 Å². The summed E-state index contributed by atoms with van der Waals surface area (Å²) in [6.45, 7) is 2.66. The van der Waals surface area contributed by atoms with Crippen LogP contribution in [0, 0.1) is 6.92 Å². The average molecular weight is 322 g/mol. The summed E-state index contributed by atoms with van der Waals surface area (Å²) in [5.41, 5.74) is 1.06. The summed E-state index contributed by atoms with van der Waals surface area (Å²) in [5.74, 6) is 0.866. The third-order valence-electron chi connectivity index (χ3n) is 2.66. The van der Waals surface area contributed by atoms with Gasteiger partial charge in [0.2, 0.25) is 17.2 Å². The molecule has 0 fully saturated rings. The van der Waals surface area contributed by atoms with Gasteiger partial charge in [-0.3, -0.25) is 4.57 Å². The highest BCUT2D eigenvalue weighted by molar-refractivity contribution is 7.09. The average Bonchev–Trinajstić information content (AvgIpc) is 3.10. The molecule has 0 unspecified atom stereocenters. The number of thiazole rings is 1. The predicted molar refractivity (Wildman–Crippen MR) is 81.0 cm³/mol. The number of hydrogen-bond donors (Lipinski definition) is 1. The molecule has 9 heteroatoms. The van der Waals surface area contributed by atoms with Crippen LogP contribution in [0.3, 0.4) is 0 Å². The Labute approximate surface area is 130 Å². The fraction of sp³-hybridized carbons (Fsp3) is 0.250. The molecule has 1 N–H and O–H groups in total.